The van der Waals surface area contributed by atoms with Crippen molar-refractivity contribution >= 4 is 52.2 Å². The molecule has 0 saturated carbocycles. The summed E-state index contributed by atoms with van der Waals surface area (Å²) in [6.07, 6.45) is 1.48. The molecule has 132 valence electrons. The van der Waals surface area contributed by atoms with E-state index in [0.717, 1.165) is 16.7 Å². The van der Waals surface area contributed by atoms with E-state index in [-0.39, 0.29) is 4.91 Å². The van der Waals surface area contributed by atoms with Gasteiger partial charge in [-0.3, -0.25) is 19.3 Å². The van der Waals surface area contributed by atoms with Gasteiger partial charge in [-0.15, -0.1) is 0 Å². The van der Waals surface area contributed by atoms with Gasteiger partial charge < -0.3 is 5.32 Å². The summed E-state index contributed by atoms with van der Waals surface area (Å²) in [7, 11) is 0. The van der Waals surface area contributed by atoms with E-state index in [2.05, 4.69) is 5.32 Å². The monoisotopic (exact) mass is 390 g/mol. The summed E-state index contributed by atoms with van der Waals surface area (Å²) in [6, 6.07) is 12.1. The van der Waals surface area contributed by atoms with Gasteiger partial charge in [0.2, 0.25) is 5.91 Å². The largest absolute Gasteiger partial charge is 0.323 e. The Morgan fingerprint density at radius 3 is 2.54 bits per heavy atom. The Kier molecular flexibility index (Phi) is 5.39. The average molecular weight is 391 g/mol. The molecule has 3 rings (SSSR count). The molecule has 8 heteroatoms. The fraction of sp³-hybridized carbons (Fsp3) is 0.0556. The van der Waals surface area contributed by atoms with Crippen LogP contribution in [0.1, 0.15) is 5.56 Å². The quantitative estimate of drug-likeness (QED) is 0.796. The average Bonchev–Trinajstić information content (AvgIpc) is 2.86. The first-order valence-corrected chi connectivity index (χ1v) is 8.69. The summed E-state index contributed by atoms with van der Waals surface area (Å²) in [5.74, 6) is -1.51. The predicted molar refractivity (Wildman–Crippen MR) is 99.2 cm³/mol. The van der Waals surface area contributed by atoms with Gasteiger partial charge in [0.25, 0.3) is 11.1 Å². The van der Waals surface area contributed by atoms with Crippen molar-refractivity contribution in [2.45, 2.75) is 0 Å². The molecule has 1 fully saturated rings. The number of benzene rings is 2. The van der Waals surface area contributed by atoms with Crippen LogP contribution >= 0.6 is 23.4 Å². The van der Waals surface area contributed by atoms with Crippen LogP contribution in [0.5, 0.6) is 0 Å². The number of rotatable bonds is 4. The molecule has 0 bridgehead atoms. The Balaban J connectivity index is 1.70. The summed E-state index contributed by atoms with van der Waals surface area (Å²) < 4.78 is 12.9. The Labute approximate surface area is 157 Å². The second kappa shape index (κ2) is 7.72. The van der Waals surface area contributed by atoms with Crippen LogP contribution in [0.4, 0.5) is 14.9 Å². The highest BCUT2D eigenvalue weighted by Crippen LogP contribution is 2.32. The van der Waals surface area contributed by atoms with E-state index in [9.17, 15) is 18.8 Å². The van der Waals surface area contributed by atoms with Gasteiger partial charge >= 0.3 is 0 Å². The SMILES string of the molecule is O=C(CN1C(=O)SC(=Cc2ccc(F)cc2)C1=O)Nc1ccccc1Cl. The molecule has 0 atom stereocenters. The Morgan fingerprint density at radius 1 is 1.15 bits per heavy atom. The van der Waals surface area contributed by atoms with Crippen LogP contribution in [0.3, 0.4) is 0 Å². The molecule has 26 heavy (non-hydrogen) atoms. The first-order chi connectivity index (χ1) is 12.4. The Bertz CT molecular complexity index is 915. The van der Waals surface area contributed by atoms with Gasteiger partial charge in [-0.05, 0) is 47.7 Å². The molecule has 1 saturated heterocycles. The lowest BCUT2D eigenvalue weighted by molar-refractivity contribution is -0.127. The molecule has 0 aromatic heterocycles. The van der Waals surface area contributed by atoms with Gasteiger partial charge in [-0.1, -0.05) is 35.9 Å². The summed E-state index contributed by atoms with van der Waals surface area (Å²) in [5, 5.41) is 2.37. The Hall–Kier alpha value is -2.64. The zero-order valence-corrected chi connectivity index (χ0v) is 14.8. The first kappa shape index (κ1) is 18.2. The molecule has 1 N–H and O–H groups in total. The number of amides is 3. The second-order valence-electron chi connectivity index (χ2n) is 5.35. The highest BCUT2D eigenvalue weighted by molar-refractivity contribution is 8.18. The number of anilines is 1. The van der Waals surface area contributed by atoms with Crippen molar-refractivity contribution in [1.82, 2.24) is 4.90 Å². The maximum absolute atomic E-state index is 12.9. The van der Waals surface area contributed by atoms with E-state index in [1.807, 2.05) is 0 Å². The predicted octanol–water partition coefficient (Wildman–Crippen LogP) is 4.15. The summed E-state index contributed by atoms with van der Waals surface area (Å²) in [6.45, 7) is -0.420. The second-order valence-corrected chi connectivity index (χ2v) is 6.75. The highest BCUT2D eigenvalue weighted by Gasteiger charge is 2.36. The fourth-order valence-corrected chi connectivity index (χ4v) is 3.26. The van der Waals surface area contributed by atoms with Gasteiger partial charge in [0.15, 0.2) is 0 Å². The number of hydrogen-bond donors (Lipinski definition) is 1. The van der Waals surface area contributed by atoms with Crippen molar-refractivity contribution in [2.24, 2.45) is 0 Å². The Morgan fingerprint density at radius 2 is 1.85 bits per heavy atom. The van der Waals surface area contributed by atoms with Crippen LogP contribution in [0, 0.1) is 5.82 Å². The van der Waals surface area contributed by atoms with E-state index < -0.39 is 29.4 Å². The number of thioether (sulfide) groups is 1. The third-order valence-corrected chi connectivity index (χ3v) is 4.73. The molecule has 5 nitrogen and oxygen atoms in total. The molecule has 1 heterocycles. The van der Waals surface area contributed by atoms with Crippen LogP contribution in [0.2, 0.25) is 5.02 Å². The molecule has 2 aromatic carbocycles. The molecular weight excluding hydrogens is 379 g/mol. The van der Waals surface area contributed by atoms with Crippen LogP contribution in [-0.4, -0.2) is 28.5 Å². The third kappa shape index (κ3) is 4.12. The van der Waals surface area contributed by atoms with Crippen molar-refractivity contribution in [2.75, 3.05) is 11.9 Å². The number of halogens is 2. The van der Waals surface area contributed by atoms with Crippen molar-refractivity contribution in [1.29, 1.82) is 0 Å². The molecule has 0 radical (unpaired) electrons. The minimum Gasteiger partial charge on any atom is -0.323 e. The molecule has 2 aromatic rings. The molecule has 1 aliphatic rings. The summed E-state index contributed by atoms with van der Waals surface area (Å²) in [5.41, 5.74) is 0.977. The zero-order valence-electron chi connectivity index (χ0n) is 13.2. The summed E-state index contributed by atoms with van der Waals surface area (Å²) >= 11 is 6.70. The number of carbonyl (C=O) groups is 3. The lowest BCUT2D eigenvalue weighted by Crippen LogP contribution is -2.36. The number of nitrogens with one attached hydrogen (secondary N) is 1. The number of para-hydroxylation sites is 1. The molecule has 1 aliphatic heterocycles. The van der Waals surface area contributed by atoms with Gasteiger partial charge in [-0.2, -0.15) is 0 Å². The lowest BCUT2D eigenvalue weighted by atomic mass is 10.2. The van der Waals surface area contributed by atoms with Gasteiger partial charge in [-0.25, -0.2) is 4.39 Å². The summed E-state index contributed by atoms with van der Waals surface area (Å²) in [4.78, 5) is 37.6. The maximum atomic E-state index is 12.9. The van der Waals surface area contributed by atoms with Crippen molar-refractivity contribution in [3.05, 3.63) is 69.8 Å². The first-order valence-electron chi connectivity index (χ1n) is 7.49. The normalized spacial score (nSPS) is 15.6. The highest BCUT2D eigenvalue weighted by atomic mass is 35.5. The van der Waals surface area contributed by atoms with Crippen LogP contribution in [0.15, 0.2) is 53.4 Å². The third-order valence-electron chi connectivity index (χ3n) is 3.49. The van der Waals surface area contributed by atoms with Crippen LogP contribution < -0.4 is 5.32 Å². The van der Waals surface area contributed by atoms with E-state index in [0.29, 0.717) is 16.3 Å². The smallest absolute Gasteiger partial charge is 0.294 e. The number of carbonyl (C=O) groups excluding carboxylic acids is 3. The van der Waals surface area contributed by atoms with E-state index >= 15 is 0 Å². The zero-order chi connectivity index (χ0) is 18.7. The molecule has 0 spiro atoms. The van der Waals surface area contributed by atoms with Crippen molar-refractivity contribution in [3.63, 3.8) is 0 Å². The van der Waals surface area contributed by atoms with Crippen LogP contribution in [0.25, 0.3) is 6.08 Å². The molecule has 3 amide bonds. The standard InChI is InChI=1S/C18H12ClFN2O3S/c19-13-3-1-2-4-14(13)21-16(23)10-22-17(24)15(26-18(22)25)9-11-5-7-12(20)8-6-11/h1-9H,10H2,(H,21,23). The van der Waals surface area contributed by atoms with E-state index in [1.54, 1.807) is 24.3 Å². The molecule has 0 unspecified atom stereocenters. The van der Waals surface area contributed by atoms with Gasteiger partial charge in [0.05, 0.1) is 15.6 Å². The maximum Gasteiger partial charge on any atom is 0.294 e. The fourth-order valence-electron chi connectivity index (χ4n) is 2.24. The lowest BCUT2D eigenvalue weighted by Gasteiger charge is -2.13. The molecular formula is C18H12ClFN2O3S. The number of nitrogens with zero attached hydrogens (tertiary/aromatic N) is 1. The van der Waals surface area contributed by atoms with E-state index in [4.69, 9.17) is 11.6 Å². The minimum atomic E-state index is -0.571. The minimum absolute atomic E-state index is 0.173. The van der Waals surface area contributed by atoms with Crippen LogP contribution in [-0.2, 0) is 9.59 Å². The van der Waals surface area contributed by atoms with E-state index in [1.165, 1.54) is 30.3 Å². The van der Waals surface area contributed by atoms with Crippen molar-refractivity contribution in [3.8, 4) is 0 Å². The van der Waals surface area contributed by atoms with Crippen molar-refractivity contribution < 1.29 is 18.8 Å². The van der Waals surface area contributed by atoms with Gasteiger partial charge in [0, 0.05) is 0 Å². The number of imide groups is 1. The topological polar surface area (TPSA) is 66.5 Å². The van der Waals surface area contributed by atoms with Gasteiger partial charge in [0.1, 0.15) is 12.4 Å². The molecule has 0 aliphatic carbocycles. The number of hydrogen-bond acceptors (Lipinski definition) is 4.